The van der Waals surface area contributed by atoms with E-state index < -0.39 is 0 Å². The number of nitrogens with two attached hydrogens (primary N) is 1. The maximum atomic E-state index is 6.32. The molecule has 2 fully saturated rings. The minimum Gasteiger partial charge on any atom is -0.493 e. The van der Waals surface area contributed by atoms with Gasteiger partial charge >= 0.3 is 0 Å². The predicted molar refractivity (Wildman–Crippen MR) is 93.3 cm³/mol. The first-order valence-corrected chi connectivity index (χ1v) is 8.86. The smallest absolute Gasteiger partial charge is 0.161 e. The van der Waals surface area contributed by atoms with Crippen LogP contribution in [0.2, 0.25) is 0 Å². The van der Waals surface area contributed by atoms with E-state index in [-0.39, 0.29) is 5.41 Å². The normalized spacial score (nSPS) is 31.0. The molecule has 1 aliphatic carbocycles. The van der Waals surface area contributed by atoms with Crippen LogP contribution in [0.5, 0.6) is 11.5 Å². The molecule has 1 aromatic rings. The lowest BCUT2D eigenvalue weighted by molar-refractivity contribution is 0.145. The summed E-state index contributed by atoms with van der Waals surface area (Å²) >= 11 is 0. The lowest BCUT2D eigenvalue weighted by atomic mass is 9.65. The van der Waals surface area contributed by atoms with Gasteiger partial charge in [-0.05, 0) is 62.9 Å². The predicted octanol–water partition coefficient (Wildman–Crippen LogP) is 2.94. The van der Waals surface area contributed by atoms with E-state index in [1.165, 1.54) is 37.9 Å². The summed E-state index contributed by atoms with van der Waals surface area (Å²) < 4.78 is 11.0. The molecule has 0 aromatic heterocycles. The van der Waals surface area contributed by atoms with Gasteiger partial charge in [-0.1, -0.05) is 13.0 Å². The zero-order valence-corrected chi connectivity index (χ0v) is 14.7. The van der Waals surface area contributed by atoms with Gasteiger partial charge in [-0.3, -0.25) is 4.90 Å². The molecular weight excluding hydrogens is 288 g/mol. The molecule has 1 saturated carbocycles. The summed E-state index contributed by atoms with van der Waals surface area (Å²) in [6.07, 6.45) is 5.82. The van der Waals surface area contributed by atoms with Crippen LogP contribution in [0.1, 0.15) is 44.6 Å². The molecule has 1 saturated heterocycles. The number of hydrogen-bond acceptors (Lipinski definition) is 4. The Morgan fingerprint density at radius 1 is 1.22 bits per heavy atom. The zero-order valence-electron chi connectivity index (χ0n) is 14.7. The molecule has 2 N–H and O–H groups in total. The number of hydrogen-bond donors (Lipinski definition) is 1. The fraction of sp³-hybridized carbons (Fsp3) is 0.684. The molecule has 0 spiro atoms. The Morgan fingerprint density at radius 2 is 2.00 bits per heavy atom. The first-order valence-electron chi connectivity index (χ1n) is 8.86. The Bertz CT molecular complexity index is 548. The van der Waals surface area contributed by atoms with Crippen LogP contribution in [0.15, 0.2) is 18.2 Å². The van der Waals surface area contributed by atoms with Crippen molar-refractivity contribution in [3.8, 4) is 11.5 Å². The minimum atomic E-state index is 0.227. The van der Waals surface area contributed by atoms with Crippen LogP contribution >= 0.6 is 0 Å². The van der Waals surface area contributed by atoms with Crippen molar-refractivity contribution < 1.29 is 9.47 Å². The third kappa shape index (κ3) is 2.83. The molecule has 128 valence electrons. The van der Waals surface area contributed by atoms with Gasteiger partial charge in [0.25, 0.3) is 0 Å². The molecule has 4 nitrogen and oxygen atoms in total. The number of methoxy groups -OCH3 is 2. The van der Waals surface area contributed by atoms with Crippen LogP contribution in [-0.4, -0.2) is 44.3 Å². The summed E-state index contributed by atoms with van der Waals surface area (Å²) in [6.45, 7) is 4.62. The van der Waals surface area contributed by atoms with Crippen LogP contribution < -0.4 is 15.2 Å². The van der Waals surface area contributed by atoms with Crippen molar-refractivity contribution in [1.29, 1.82) is 0 Å². The molecule has 4 heteroatoms. The fourth-order valence-electron chi connectivity index (χ4n) is 4.71. The summed E-state index contributed by atoms with van der Waals surface area (Å²) in [5.74, 6) is 1.64. The number of nitrogens with zero attached hydrogens (tertiary/aromatic N) is 1. The molecule has 3 unspecified atom stereocenters. The third-order valence-electron chi connectivity index (χ3n) is 5.88. The van der Waals surface area contributed by atoms with Crippen molar-refractivity contribution in [2.24, 2.45) is 5.73 Å². The highest BCUT2D eigenvalue weighted by Gasteiger charge is 2.50. The molecule has 1 aliphatic heterocycles. The number of benzene rings is 1. The van der Waals surface area contributed by atoms with Crippen molar-refractivity contribution in [2.75, 3.05) is 27.3 Å². The van der Waals surface area contributed by atoms with E-state index in [1.807, 2.05) is 0 Å². The molecule has 0 amide bonds. The van der Waals surface area contributed by atoms with E-state index in [9.17, 15) is 0 Å². The first-order chi connectivity index (χ1) is 11.1. The van der Waals surface area contributed by atoms with Gasteiger partial charge < -0.3 is 15.2 Å². The number of ether oxygens (including phenoxy) is 2. The van der Waals surface area contributed by atoms with E-state index in [4.69, 9.17) is 15.2 Å². The van der Waals surface area contributed by atoms with Crippen LogP contribution in [0.4, 0.5) is 0 Å². The summed E-state index contributed by atoms with van der Waals surface area (Å²) in [5, 5.41) is 0. The lowest BCUT2D eigenvalue weighted by Gasteiger charge is -2.44. The molecule has 23 heavy (non-hydrogen) atoms. The van der Waals surface area contributed by atoms with Crippen molar-refractivity contribution in [3.63, 3.8) is 0 Å². The number of likely N-dealkylation sites (tertiary alicyclic amines) is 1. The van der Waals surface area contributed by atoms with E-state index in [2.05, 4.69) is 30.0 Å². The summed E-state index contributed by atoms with van der Waals surface area (Å²) in [6, 6.07) is 7.38. The molecule has 3 atom stereocenters. The quantitative estimate of drug-likeness (QED) is 0.907. The van der Waals surface area contributed by atoms with E-state index in [0.29, 0.717) is 12.1 Å². The van der Waals surface area contributed by atoms with Crippen LogP contribution in [0.25, 0.3) is 0 Å². The largest absolute Gasteiger partial charge is 0.493 e. The Morgan fingerprint density at radius 3 is 2.70 bits per heavy atom. The highest BCUT2D eigenvalue weighted by molar-refractivity contribution is 5.46. The van der Waals surface area contributed by atoms with Gasteiger partial charge in [-0.15, -0.1) is 0 Å². The Balaban J connectivity index is 1.98. The maximum absolute atomic E-state index is 6.32. The summed E-state index contributed by atoms with van der Waals surface area (Å²) in [7, 11) is 3.41. The molecule has 1 heterocycles. The number of fused-ring (bicyclic) bond motifs is 1. The molecular formula is C19H30N2O2. The highest BCUT2D eigenvalue weighted by Crippen LogP contribution is 2.50. The molecule has 0 bridgehead atoms. The van der Waals surface area contributed by atoms with Crippen molar-refractivity contribution in [1.82, 2.24) is 4.90 Å². The first kappa shape index (κ1) is 16.6. The summed E-state index contributed by atoms with van der Waals surface area (Å²) in [5.41, 5.74) is 7.94. The van der Waals surface area contributed by atoms with E-state index in [1.54, 1.807) is 14.2 Å². The van der Waals surface area contributed by atoms with Crippen molar-refractivity contribution in [3.05, 3.63) is 23.8 Å². The SMILES string of the molecule is CCCN1CCC2(c3ccc(OC)c(OC)c3)CCC(N)CC12. The van der Waals surface area contributed by atoms with Crippen LogP contribution in [-0.2, 0) is 5.41 Å². The van der Waals surface area contributed by atoms with Crippen LogP contribution in [0.3, 0.4) is 0 Å². The van der Waals surface area contributed by atoms with Crippen molar-refractivity contribution in [2.45, 2.75) is 56.5 Å². The maximum Gasteiger partial charge on any atom is 0.161 e. The van der Waals surface area contributed by atoms with Gasteiger partial charge in [-0.2, -0.15) is 0 Å². The molecule has 3 rings (SSSR count). The Labute approximate surface area is 139 Å². The summed E-state index contributed by atoms with van der Waals surface area (Å²) in [4.78, 5) is 2.66. The molecule has 0 radical (unpaired) electrons. The third-order valence-corrected chi connectivity index (χ3v) is 5.88. The number of rotatable bonds is 5. The van der Waals surface area contributed by atoms with Gasteiger partial charge in [0.15, 0.2) is 11.5 Å². The van der Waals surface area contributed by atoms with Gasteiger partial charge in [0.05, 0.1) is 14.2 Å². The lowest BCUT2D eigenvalue weighted by Crippen LogP contribution is -2.50. The zero-order chi connectivity index (χ0) is 16.4. The second kappa shape index (κ2) is 6.70. The van der Waals surface area contributed by atoms with E-state index >= 15 is 0 Å². The Hall–Kier alpha value is -1.26. The van der Waals surface area contributed by atoms with Gasteiger partial charge in [0.1, 0.15) is 0 Å². The molecule has 1 aromatic carbocycles. The van der Waals surface area contributed by atoms with Crippen LogP contribution in [0, 0.1) is 0 Å². The minimum absolute atomic E-state index is 0.227. The highest BCUT2D eigenvalue weighted by atomic mass is 16.5. The van der Waals surface area contributed by atoms with Gasteiger partial charge in [0.2, 0.25) is 0 Å². The van der Waals surface area contributed by atoms with Crippen molar-refractivity contribution >= 4 is 0 Å². The Kier molecular flexibility index (Phi) is 4.83. The molecule has 2 aliphatic rings. The standard InChI is InChI=1S/C19H30N2O2/c1-4-10-21-11-9-19(8-7-15(20)13-18(19)21)14-5-6-16(22-2)17(12-14)23-3/h5-6,12,15,18H,4,7-11,13,20H2,1-3H3. The van der Waals surface area contributed by atoms with Gasteiger partial charge in [-0.25, -0.2) is 0 Å². The monoisotopic (exact) mass is 318 g/mol. The average molecular weight is 318 g/mol. The average Bonchev–Trinajstić information content (AvgIpc) is 2.94. The fourth-order valence-corrected chi connectivity index (χ4v) is 4.71. The topological polar surface area (TPSA) is 47.7 Å². The second-order valence-corrected chi connectivity index (χ2v) is 7.06. The van der Waals surface area contributed by atoms with E-state index in [0.717, 1.165) is 24.3 Å². The van der Waals surface area contributed by atoms with Gasteiger partial charge in [0, 0.05) is 17.5 Å². The second-order valence-electron chi connectivity index (χ2n) is 7.06.